The molecule has 0 aliphatic heterocycles. The molecule has 0 bridgehead atoms. The van der Waals surface area contributed by atoms with Gasteiger partial charge in [0.2, 0.25) is 17.7 Å². The highest BCUT2D eigenvalue weighted by atomic mass is 16.4. The maximum Gasteiger partial charge on any atom is 0.220 e. The molecule has 2 aromatic carbocycles. The van der Waals surface area contributed by atoms with Crippen LogP contribution in [0.3, 0.4) is 0 Å². The average Bonchev–Trinajstić information content (AvgIpc) is 3.61. The SMILES string of the molecule is O=C(CCc1nnc(CCc2c[nH]c3ccccc23)o1)NCC1(c2ccccc2)CCCC1. The number of carbonyl (C=O) groups is 1. The Morgan fingerprint density at radius 1 is 0.939 bits per heavy atom. The molecule has 2 aromatic heterocycles. The molecule has 1 aliphatic rings. The topological polar surface area (TPSA) is 83.8 Å². The van der Waals surface area contributed by atoms with Crippen molar-refractivity contribution in [1.29, 1.82) is 0 Å². The second-order valence-electron chi connectivity index (χ2n) is 9.08. The zero-order chi connectivity index (χ0) is 22.5. The molecule has 6 heteroatoms. The third-order valence-electron chi connectivity index (χ3n) is 6.93. The van der Waals surface area contributed by atoms with Crippen molar-refractivity contribution in [3.63, 3.8) is 0 Å². The van der Waals surface area contributed by atoms with Crippen LogP contribution in [0.2, 0.25) is 0 Å². The molecule has 6 nitrogen and oxygen atoms in total. The van der Waals surface area contributed by atoms with E-state index in [-0.39, 0.29) is 11.3 Å². The summed E-state index contributed by atoms with van der Waals surface area (Å²) in [5, 5.41) is 12.7. The maximum absolute atomic E-state index is 12.6. The number of amides is 1. The first-order valence-electron chi connectivity index (χ1n) is 11.9. The average molecular weight is 443 g/mol. The lowest BCUT2D eigenvalue weighted by atomic mass is 9.79. The number of hydrogen-bond acceptors (Lipinski definition) is 4. The van der Waals surface area contributed by atoms with Gasteiger partial charge in [0.15, 0.2) is 0 Å². The molecule has 0 atom stereocenters. The first-order valence-corrected chi connectivity index (χ1v) is 11.9. The molecule has 4 aromatic rings. The van der Waals surface area contributed by atoms with Crippen LogP contribution in [-0.4, -0.2) is 27.6 Å². The van der Waals surface area contributed by atoms with Crippen LogP contribution < -0.4 is 5.32 Å². The van der Waals surface area contributed by atoms with E-state index in [1.807, 2.05) is 24.4 Å². The van der Waals surface area contributed by atoms with Gasteiger partial charge in [-0.25, -0.2) is 0 Å². The summed E-state index contributed by atoms with van der Waals surface area (Å²) in [6.45, 7) is 0.690. The minimum absolute atomic E-state index is 0.0377. The fraction of sp³-hybridized carbons (Fsp3) is 0.370. The molecule has 2 N–H and O–H groups in total. The van der Waals surface area contributed by atoms with Gasteiger partial charge in [0.25, 0.3) is 0 Å². The highest BCUT2D eigenvalue weighted by molar-refractivity contribution is 5.83. The van der Waals surface area contributed by atoms with Gasteiger partial charge in [0.05, 0.1) is 0 Å². The molecular weight excluding hydrogens is 412 g/mol. The Kier molecular flexibility index (Phi) is 6.24. The maximum atomic E-state index is 12.6. The molecule has 0 saturated heterocycles. The van der Waals surface area contributed by atoms with E-state index >= 15 is 0 Å². The third kappa shape index (κ3) is 4.85. The quantitative estimate of drug-likeness (QED) is 0.386. The Morgan fingerprint density at radius 3 is 2.48 bits per heavy atom. The molecule has 1 saturated carbocycles. The summed E-state index contributed by atoms with van der Waals surface area (Å²) in [6.07, 6.45) is 9.05. The van der Waals surface area contributed by atoms with Crippen LogP contribution in [0.4, 0.5) is 0 Å². The Hall–Kier alpha value is -3.41. The van der Waals surface area contributed by atoms with E-state index < -0.39 is 0 Å². The first-order chi connectivity index (χ1) is 16.2. The van der Waals surface area contributed by atoms with E-state index in [1.165, 1.54) is 29.4 Å². The summed E-state index contributed by atoms with van der Waals surface area (Å²) >= 11 is 0. The lowest BCUT2D eigenvalue weighted by molar-refractivity contribution is -0.121. The Morgan fingerprint density at radius 2 is 1.67 bits per heavy atom. The van der Waals surface area contributed by atoms with Crippen molar-refractivity contribution in [2.75, 3.05) is 6.54 Å². The van der Waals surface area contributed by atoms with Crippen molar-refractivity contribution in [2.24, 2.45) is 0 Å². The number of H-pyrrole nitrogens is 1. The van der Waals surface area contributed by atoms with Gasteiger partial charge in [-0.2, -0.15) is 0 Å². The zero-order valence-corrected chi connectivity index (χ0v) is 18.8. The number of nitrogens with zero attached hydrogens (tertiary/aromatic N) is 2. The Bertz CT molecular complexity index is 1210. The summed E-state index contributed by atoms with van der Waals surface area (Å²) in [7, 11) is 0. The van der Waals surface area contributed by atoms with E-state index in [9.17, 15) is 4.79 Å². The number of hydrogen-bond donors (Lipinski definition) is 2. The summed E-state index contributed by atoms with van der Waals surface area (Å²) in [5.41, 5.74) is 3.77. The minimum atomic E-state index is 0.0377. The van der Waals surface area contributed by atoms with Crippen molar-refractivity contribution >= 4 is 16.8 Å². The number of aryl methyl sites for hydroxylation is 3. The van der Waals surface area contributed by atoms with Crippen LogP contribution in [0.1, 0.15) is 55.0 Å². The number of para-hydroxylation sites is 1. The molecule has 1 fully saturated rings. The second-order valence-corrected chi connectivity index (χ2v) is 9.08. The normalized spacial score (nSPS) is 15.2. The highest BCUT2D eigenvalue weighted by Crippen LogP contribution is 2.40. The van der Waals surface area contributed by atoms with Gasteiger partial charge in [-0.15, -0.1) is 10.2 Å². The number of rotatable bonds is 9. The molecule has 0 spiro atoms. The van der Waals surface area contributed by atoms with Gasteiger partial charge in [0.1, 0.15) is 0 Å². The standard InChI is InChI=1S/C27H30N4O2/c32-24(29-19-27(16-6-7-17-27)21-8-2-1-3-9-21)13-15-26-31-30-25(33-26)14-12-20-18-28-23-11-5-4-10-22(20)23/h1-5,8-11,18,28H,6-7,12-17,19H2,(H,29,32). The van der Waals surface area contributed by atoms with Crippen molar-refractivity contribution in [2.45, 2.75) is 56.8 Å². The van der Waals surface area contributed by atoms with Gasteiger partial charge in [0, 0.05) is 48.3 Å². The van der Waals surface area contributed by atoms with E-state index in [4.69, 9.17) is 4.42 Å². The molecule has 0 unspecified atom stereocenters. The highest BCUT2D eigenvalue weighted by Gasteiger charge is 2.35. The smallest absolute Gasteiger partial charge is 0.220 e. The lowest BCUT2D eigenvalue weighted by Gasteiger charge is -2.30. The molecule has 170 valence electrons. The fourth-order valence-electron chi connectivity index (χ4n) is 5.06. The zero-order valence-electron chi connectivity index (χ0n) is 18.8. The van der Waals surface area contributed by atoms with Gasteiger partial charge in [-0.3, -0.25) is 4.79 Å². The molecular formula is C27H30N4O2. The largest absolute Gasteiger partial charge is 0.425 e. The summed E-state index contributed by atoms with van der Waals surface area (Å²) in [4.78, 5) is 15.9. The Balaban J connectivity index is 1.11. The van der Waals surface area contributed by atoms with E-state index in [2.05, 4.69) is 56.9 Å². The predicted molar refractivity (Wildman–Crippen MR) is 128 cm³/mol. The number of fused-ring (bicyclic) bond motifs is 1. The molecule has 33 heavy (non-hydrogen) atoms. The molecule has 2 heterocycles. The van der Waals surface area contributed by atoms with Crippen molar-refractivity contribution in [3.05, 3.63) is 83.7 Å². The van der Waals surface area contributed by atoms with E-state index in [0.29, 0.717) is 37.6 Å². The number of carbonyl (C=O) groups excluding carboxylic acids is 1. The summed E-state index contributed by atoms with van der Waals surface area (Å²) in [5.74, 6) is 1.18. The van der Waals surface area contributed by atoms with Crippen LogP contribution in [0, 0.1) is 0 Å². The van der Waals surface area contributed by atoms with Crippen LogP contribution in [0.5, 0.6) is 0 Å². The van der Waals surface area contributed by atoms with Crippen molar-refractivity contribution in [1.82, 2.24) is 20.5 Å². The van der Waals surface area contributed by atoms with Gasteiger partial charge >= 0.3 is 0 Å². The molecule has 0 radical (unpaired) electrons. The van der Waals surface area contributed by atoms with Crippen LogP contribution in [0.25, 0.3) is 10.9 Å². The lowest BCUT2D eigenvalue weighted by Crippen LogP contribution is -2.39. The van der Waals surface area contributed by atoms with Crippen LogP contribution in [-0.2, 0) is 29.5 Å². The van der Waals surface area contributed by atoms with E-state index in [0.717, 1.165) is 24.8 Å². The van der Waals surface area contributed by atoms with Crippen LogP contribution in [0.15, 0.2) is 65.2 Å². The monoisotopic (exact) mass is 442 g/mol. The summed E-state index contributed by atoms with van der Waals surface area (Å²) < 4.78 is 5.80. The number of benzene rings is 2. The minimum Gasteiger partial charge on any atom is -0.425 e. The second kappa shape index (κ2) is 9.61. The van der Waals surface area contributed by atoms with Crippen molar-refractivity contribution in [3.8, 4) is 0 Å². The molecule has 5 rings (SSSR count). The van der Waals surface area contributed by atoms with Crippen LogP contribution >= 0.6 is 0 Å². The van der Waals surface area contributed by atoms with E-state index in [1.54, 1.807) is 0 Å². The number of aromatic nitrogens is 3. The number of aromatic amines is 1. The van der Waals surface area contributed by atoms with Gasteiger partial charge in [-0.1, -0.05) is 61.4 Å². The molecule has 1 aliphatic carbocycles. The van der Waals surface area contributed by atoms with Crippen molar-refractivity contribution < 1.29 is 9.21 Å². The van der Waals surface area contributed by atoms with Gasteiger partial charge < -0.3 is 14.7 Å². The Labute approximate surface area is 193 Å². The third-order valence-corrected chi connectivity index (χ3v) is 6.93. The van der Waals surface area contributed by atoms with Gasteiger partial charge in [-0.05, 0) is 36.5 Å². The fourth-order valence-corrected chi connectivity index (χ4v) is 5.06. The summed E-state index contributed by atoms with van der Waals surface area (Å²) in [6, 6.07) is 18.9. The number of nitrogens with one attached hydrogen (secondary N) is 2. The predicted octanol–water partition coefficient (Wildman–Crippen LogP) is 4.90. The first kappa shape index (κ1) is 21.4. The molecule has 1 amide bonds.